The highest BCUT2D eigenvalue weighted by molar-refractivity contribution is 7.89. The molecule has 4 N–H and O–H groups in total. The highest BCUT2D eigenvalue weighted by Gasteiger charge is 2.20. The summed E-state index contributed by atoms with van der Waals surface area (Å²) in [6, 6.07) is 9.84. The average molecular weight is 452 g/mol. The molecule has 2 aromatic carbocycles. The van der Waals surface area contributed by atoms with E-state index in [1.165, 1.54) is 12.1 Å². The number of amides is 1. The maximum Gasteiger partial charge on any atom is 0.246 e. The quantitative estimate of drug-likeness (QED) is 0.238. The number of hydroxylamine groups is 1. The van der Waals surface area contributed by atoms with Gasteiger partial charge in [-0.15, -0.1) is 0 Å². The number of unbranched alkanes of at least 4 members (excludes halogenated alkanes) is 1. The van der Waals surface area contributed by atoms with Gasteiger partial charge in [0.2, 0.25) is 15.9 Å². The molecule has 0 radical (unpaired) electrons. The second-order valence-electron chi connectivity index (χ2n) is 7.59. The van der Waals surface area contributed by atoms with Crippen LogP contribution in [-0.4, -0.2) is 33.1 Å². The van der Waals surface area contributed by atoms with Crippen molar-refractivity contribution >= 4 is 21.6 Å². The zero-order valence-corrected chi connectivity index (χ0v) is 18.9. The number of rotatable bonds is 11. The lowest BCUT2D eigenvalue weighted by molar-refractivity contribution is -0.133. The minimum Gasteiger partial charge on any atom is -0.388 e. The van der Waals surface area contributed by atoms with E-state index in [0.717, 1.165) is 11.3 Å². The maximum atomic E-state index is 13.8. The molecule has 1 amide bonds. The summed E-state index contributed by atoms with van der Waals surface area (Å²) in [5.41, 5.74) is 4.35. The molecule has 1 atom stereocenters. The molecule has 0 heterocycles. The zero-order valence-electron chi connectivity index (χ0n) is 18.0. The van der Waals surface area contributed by atoms with Crippen molar-refractivity contribution in [2.24, 2.45) is 5.92 Å². The molecular weight excluding hydrogens is 421 g/mol. The summed E-state index contributed by atoms with van der Waals surface area (Å²) in [6.07, 6.45) is 1.93. The Balaban J connectivity index is 1.89. The monoisotopic (exact) mass is 451 g/mol. The number of benzene rings is 2. The molecule has 0 saturated carbocycles. The number of carbonyl (C=O) groups is 1. The van der Waals surface area contributed by atoms with Gasteiger partial charge in [0.1, 0.15) is 5.82 Å². The van der Waals surface area contributed by atoms with Crippen molar-refractivity contribution in [3.05, 3.63) is 58.9 Å². The van der Waals surface area contributed by atoms with Crippen molar-refractivity contribution in [2.45, 2.75) is 44.4 Å². The van der Waals surface area contributed by atoms with Gasteiger partial charge in [0.15, 0.2) is 0 Å². The van der Waals surface area contributed by atoms with Gasteiger partial charge < -0.3 is 5.32 Å². The van der Waals surface area contributed by atoms with Crippen molar-refractivity contribution in [1.82, 2.24) is 10.2 Å². The first kappa shape index (κ1) is 24.8. The fraction of sp³-hybridized carbons (Fsp3) is 0.409. The standard InChI is InChI=1S/C22H30FN3O4S/c1-15-12-17(13-16(2)21(15)23)14-18(22(27)26-28)6-4-5-11-25-31(29,30)20-9-7-19(24-3)8-10-20/h7-10,12-13,18,24-25,28H,4-6,11,14H2,1-3H3,(H,26,27)/t18-/m0/s1. The van der Waals surface area contributed by atoms with Crippen LogP contribution in [0.2, 0.25) is 0 Å². The normalized spacial score (nSPS) is 12.4. The first-order valence-electron chi connectivity index (χ1n) is 10.1. The molecular formula is C22H30FN3O4S. The number of anilines is 1. The molecule has 0 aliphatic rings. The van der Waals surface area contributed by atoms with Crippen molar-refractivity contribution in [3.8, 4) is 0 Å². The Kier molecular flexibility index (Phi) is 8.97. The topological polar surface area (TPSA) is 108 Å². The first-order valence-corrected chi connectivity index (χ1v) is 11.6. The van der Waals surface area contributed by atoms with Gasteiger partial charge in [-0.05, 0) is 74.1 Å². The smallest absolute Gasteiger partial charge is 0.246 e. The van der Waals surface area contributed by atoms with Crippen molar-refractivity contribution in [1.29, 1.82) is 0 Å². The Morgan fingerprint density at radius 2 is 1.71 bits per heavy atom. The van der Waals surface area contributed by atoms with Crippen LogP contribution in [0.4, 0.5) is 10.1 Å². The van der Waals surface area contributed by atoms with Crippen LogP contribution in [0.1, 0.15) is 36.0 Å². The van der Waals surface area contributed by atoms with E-state index in [4.69, 9.17) is 5.21 Å². The average Bonchev–Trinajstić information content (AvgIpc) is 2.75. The minimum absolute atomic E-state index is 0.186. The Bertz CT molecular complexity index is 971. The minimum atomic E-state index is -3.60. The molecule has 0 saturated heterocycles. The van der Waals surface area contributed by atoms with Crippen molar-refractivity contribution < 1.29 is 22.8 Å². The van der Waals surface area contributed by atoms with Gasteiger partial charge in [-0.25, -0.2) is 23.0 Å². The molecule has 0 bridgehead atoms. The van der Waals surface area contributed by atoms with Gasteiger partial charge >= 0.3 is 0 Å². The van der Waals surface area contributed by atoms with Crippen LogP contribution in [0.5, 0.6) is 0 Å². The van der Waals surface area contributed by atoms with Gasteiger partial charge in [-0.1, -0.05) is 18.6 Å². The molecule has 0 aromatic heterocycles. The SMILES string of the molecule is CNc1ccc(S(=O)(=O)NCCCC[C@@H](Cc2cc(C)c(F)c(C)c2)C(=O)NO)cc1. The highest BCUT2D eigenvalue weighted by Crippen LogP contribution is 2.21. The summed E-state index contributed by atoms with van der Waals surface area (Å²) in [4.78, 5) is 12.2. The third kappa shape index (κ3) is 7.02. The number of hydrogen-bond donors (Lipinski definition) is 4. The van der Waals surface area contributed by atoms with E-state index in [2.05, 4.69) is 10.0 Å². The first-order chi connectivity index (χ1) is 14.7. The summed E-state index contributed by atoms with van der Waals surface area (Å²) in [5, 5.41) is 12.0. The predicted molar refractivity (Wildman–Crippen MR) is 118 cm³/mol. The summed E-state index contributed by atoms with van der Waals surface area (Å²) >= 11 is 0. The summed E-state index contributed by atoms with van der Waals surface area (Å²) in [5.74, 6) is -1.27. The fourth-order valence-corrected chi connectivity index (χ4v) is 4.54. The van der Waals surface area contributed by atoms with E-state index < -0.39 is 21.8 Å². The van der Waals surface area contributed by atoms with Crippen molar-refractivity contribution in [3.63, 3.8) is 0 Å². The molecule has 0 unspecified atom stereocenters. The second kappa shape index (κ2) is 11.2. The third-order valence-electron chi connectivity index (χ3n) is 5.18. The van der Waals surface area contributed by atoms with E-state index in [1.807, 2.05) is 0 Å². The number of aryl methyl sites for hydroxylation is 2. The van der Waals surface area contributed by atoms with E-state index in [9.17, 15) is 17.6 Å². The van der Waals surface area contributed by atoms with Gasteiger partial charge in [-0.2, -0.15) is 0 Å². The maximum absolute atomic E-state index is 13.8. The van der Waals surface area contributed by atoms with Crippen LogP contribution in [0.3, 0.4) is 0 Å². The lowest BCUT2D eigenvalue weighted by Gasteiger charge is -2.16. The number of carbonyl (C=O) groups excluding carboxylic acids is 1. The molecule has 7 nitrogen and oxygen atoms in total. The lowest BCUT2D eigenvalue weighted by atomic mass is 9.92. The van der Waals surface area contributed by atoms with Crippen LogP contribution < -0.4 is 15.5 Å². The summed E-state index contributed by atoms with van der Waals surface area (Å²) < 4.78 is 41.1. The van der Waals surface area contributed by atoms with Crippen LogP contribution in [0, 0.1) is 25.6 Å². The fourth-order valence-electron chi connectivity index (χ4n) is 3.46. The molecule has 9 heteroatoms. The highest BCUT2D eigenvalue weighted by atomic mass is 32.2. The Morgan fingerprint density at radius 1 is 1.10 bits per heavy atom. The van der Waals surface area contributed by atoms with Crippen LogP contribution in [-0.2, 0) is 21.2 Å². The van der Waals surface area contributed by atoms with Crippen LogP contribution >= 0.6 is 0 Å². The van der Waals surface area contributed by atoms with Crippen LogP contribution in [0.25, 0.3) is 0 Å². The summed E-state index contributed by atoms with van der Waals surface area (Å²) in [6.45, 7) is 3.58. The number of sulfonamides is 1. The number of halogens is 1. The zero-order chi connectivity index (χ0) is 23.0. The van der Waals surface area contributed by atoms with E-state index >= 15 is 0 Å². The van der Waals surface area contributed by atoms with E-state index in [1.54, 1.807) is 50.6 Å². The van der Waals surface area contributed by atoms with Crippen LogP contribution in [0.15, 0.2) is 41.3 Å². The van der Waals surface area contributed by atoms with Gasteiger partial charge in [-0.3, -0.25) is 10.0 Å². The largest absolute Gasteiger partial charge is 0.388 e. The van der Waals surface area contributed by atoms with Gasteiger partial charge in [0, 0.05) is 25.2 Å². The molecule has 0 spiro atoms. The molecule has 2 aromatic rings. The van der Waals surface area contributed by atoms with Crippen molar-refractivity contribution in [2.75, 3.05) is 18.9 Å². The number of nitrogens with one attached hydrogen (secondary N) is 3. The van der Waals surface area contributed by atoms with Gasteiger partial charge in [0.25, 0.3) is 0 Å². The molecule has 170 valence electrons. The Morgan fingerprint density at radius 3 is 2.26 bits per heavy atom. The predicted octanol–water partition coefficient (Wildman–Crippen LogP) is 3.30. The van der Waals surface area contributed by atoms with Gasteiger partial charge in [0.05, 0.1) is 4.90 Å². The lowest BCUT2D eigenvalue weighted by Crippen LogP contribution is -2.30. The third-order valence-corrected chi connectivity index (χ3v) is 6.66. The van der Waals surface area contributed by atoms with E-state index in [-0.39, 0.29) is 17.3 Å². The Labute approximate surface area is 183 Å². The molecule has 0 aliphatic carbocycles. The molecule has 31 heavy (non-hydrogen) atoms. The number of hydrogen-bond acceptors (Lipinski definition) is 5. The summed E-state index contributed by atoms with van der Waals surface area (Å²) in [7, 11) is -1.85. The molecule has 0 fully saturated rings. The molecule has 2 rings (SSSR count). The second-order valence-corrected chi connectivity index (χ2v) is 9.36. The molecule has 0 aliphatic heterocycles. The van der Waals surface area contributed by atoms with E-state index in [0.29, 0.717) is 36.8 Å². The Hall–Kier alpha value is -2.49.